The van der Waals surface area contributed by atoms with E-state index in [0.29, 0.717) is 6.79 Å². The smallest absolute Gasteiger partial charge is 0.231 e. The van der Waals surface area contributed by atoms with E-state index in [1.165, 1.54) is 11.1 Å². The van der Waals surface area contributed by atoms with Crippen LogP contribution in [-0.4, -0.2) is 13.0 Å². The predicted octanol–water partition coefficient (Wildman–Crippen LogP) is 1.54. The summed E-state index contributed by atoms with van der Waals surface area (Å²) in [5.74, 6) is 1.73. The molecule has 0 saturated heterocycles. The highest BCUT2D eigenvalue weighted by atomic mass is 16.7. The SMILES string of the molecule is C1=NCc2cc3c(cc2C1)OCO3. The molecule has 2 aliphatic rings. The summed E-state index contributed by atoms with van der Waals surface area (Å²) in [6, 6.07) is 4.09. The van der Waals surface area contributed by atoms with Crippen LogP contribution < -0.4 is 9.47 Å². The van der Waals surface area contributed by atoms with Gasteiger partial charge in [0.25, 0.3) is 0 Å². The summed E-state index contributed by atoms with van der Waals surface area (Å²) in [7, 11) is 0. The maximum atomic E-state index is 5.30. The molecular formula is C10H9NO2. The van der Waals surface area contributed by atoms with Gasteiger partial charge in [-0.3, -0.25) is 4.99 Å². The Bertz CT molecular complexity index is 350. The zero-order valence-corrected chi connectivity index (χ0v) is 7.12. The lowest BCUT2D eigenvalue weighted by atomic mass is 10.0. The van der Waals surface area contributed by atoms with E-state index in [1.54, 1.807) is 0 Å². The lowest BCUT2D eigenvalue weighted by molar-refractivity contribution is 0.174. The van der Waals surface area contributed by atoms with Crippen molar-refractivity contribution in [2.75, 3.05) is 6.79 Å². The highest BCUT2D eigenvalue weighted by Crippen LogP contribution is 2.35. The van der Waals surface area contributed by atoms with Gasteiger partial charge in [0.1, 0.15) is 0 Å². The molecule has 0 saturated carbocycles. The lowest BCUT2D eigenvalue weighted by Crippen LogP contribution is -2.00. The van der Waals surface area contributed by atoms with Crippen LogP contribution in [0.1, 0.15) is 11.1 Å². The summed E-state index contributed by atoms with van der Waals surface area (Å²) in [6.07, 6.45) is 2.86. The number of aliphatic imine (C=N–C) groups is 1. The molecule has 2 heterocycles. The number of benzene rings is 1. The Hall–Kier alpha value is -1.51. The van der Waals surface area contributed by atoms with Gasteiger partial charge in [0.2, 0.25) is 6.79 Å². The zero-order chi connectivity index (χ0) is 8.67. The molecule has 13 heavy (non-hydrogen) atoms. The van der Waals surface area contributed by atoms with E-state index >= 15 is 0 Å². The first kappa shape index (κ1) is 6.95. The Morgan fingerprint density at radius 1 is 1.08 bits per heavy atom. The second kappa shape index (κ2) is 2.49. The minimum atomic E-state index is 0.346. The normalized spacial score (nSPS) is 17.2. The number of rotatable bonds is 0. The van der Waals surface area contributed by atoms with E-state index in [2.05, 4.69) is 11.1 Å². The summed E-state index contributed by atoms with van der Waals surface area (Å²) in [6.45, 7) is 1.12. The Morgan fingerprint density at radius 3 is 2.69 bits per heavy atom. The van der Waals surface area contributed by atoms with Gasteiger partial charge in [-0.2, -0.15) is 0 Å². The fourth-order valence-electron chi connectivity index (χ4n) is 1.69. The van der Waals surface area contributed by atoms with Crippen LogP contribution in [0.3, 0.4) is 0 Å². The Morgan fingerprint density at radius 2 is 1.85 bits per heavy atom. The third-order valence-electron chi connectivity index (χ3n) is 2.40. The van der Waals surface area contributed by atoms with Crippen molar-refractivity contribution in [3.05, 3.63) is 23.3 Å². The van der Waals surface area contributed by atoms with Gasteiger partial charge in [-0.15, -0.1) is 0 Å². The number of nitrogens with zero attached hydrogens (tertiary/aromatic N) is 1. The van der Waals surface area contributed by atoms with E-state index < -0.39 is 0 Å². The molecule has 1 aromatic carbocycles. The van der Waals surface area contributed by atoms with Crippen LogP contribution in [0.15, 0.2) is 17.1 Å². The van der Waals surface area contributed by atoms with Crippen molar-refractivity contribution in [3.63, 3.8) is 0 Å². The molecule has 0 bridgehead atoms. The number of fused-ring (bicyclic) bond motifs is 2. The average molecular weight is 175 g/mol. The monoisotopic (exact) mass is 175 g/mol. The van der Waals surface area contributed by atoms with Crippen molar-refractivity contribution < 1.29 is 9.47 Å². The van der Waals surface area contributed by atoms with Crippen LogP contribution in [0.4, 0.5) is 0 Å². The quantitative estimate of drug-likeness (QED) is 0.598. The molecule has 0 unspecified atom stereocenters. The summed E-state index contributed by atoms with van der Waals surface area (Å²) in [5, 5.41) is 0. The second-order valence-corrected chi connectivity index (χ2v) is 3.20. The molecule has 0 aromatic heterocycles. The van der Waals surface area contributed by atoms with Crippen LogP contribution in [0.2, 0.25) is 0 Å². The second-order valence-electron chi connectivity index (χ2n) is 3.20. The van der Waals surface area contributed by atoms with Gasteiger partial charge < -0.3 is 9.47 Å². The molecule has 0 amide bonds. The van der Waals surface area contributed by atoms with Gasteiger partial charge in [0.05, 0.1) is 6.54 Å². The van der Waals surface area contributed by atoms with Gasteiger partial charge in [-0.05, 0) is 23.3 Å². The van der Waals surface area contributed by atoms with Gasteiger partial charge in [0.15, 0.2) is 11.5 Å². The Kier molecular flexibility index (Phi) is 1.33. The standard InChI is InChI=1S/C10H9NO2/c1-2-11-5-8-4-10-9(3-7(1)8)12-6-13-10/h2-4H,1,5-6H2. The summed E-state index contributed by atoms with van der Waals surface area (Å²) in [4.78, 5) is 4.22. The van der Waals surface area contributed by atoms with Crippen LogP contribution in [0, 0.1) is 0 Å². The van der Waals surface area contributed by atoms with Crippen molar-refractivity contribution in [1.82, 2.24) is 0 Å². The van der Waals surface area contributed by atoms with E-state index in [4.69, 9.17) is 9.47 Å². The van der Waals surface area contributed by atoms with E-state index in [-0.39, 0.29) is 0 Å². The average Bonchev–Trinajstić information content (AvgIpc) is 2.61. The van der Waals surface area contributed by atoms with Crippen LogP contribution in [0.25, 0.3) is 0 Å². The third kappa shape index (κ3) is 1.00. The molecule has 3 nitrogen and oxygen atoms in total. The molecule has 1 aromatic rings. The first-order valence-electron chi connectivity index (χ1n) is 4.33. The lowest BCUT2D eigenvalue weighted by Gasteiger charge is -2.10. The molecule has 66 valence electrons. The first-order valence-corrected chi connectivity index (χ1v) is 4.33. The molecule has 0 aliphatic carbocycles. The fraction of sp³-hybridized carbons (Fsp3) is 0.300. The molecule has 0 N–H and O–H groups in total. The van der Waals surface area contributed by atoms with Crippen molar-refractivity contribution in [1.29, 1.82) is 0 Å². The maximum Gasteiger partial charge on any atom is 0.231 e. The molecule has 0 spiro atoms. The fourth-order valence-corrected chi connectivity index (χ4v) is 1.69. The van der Waals surface area contributed by atoms with Crippen molar-refractivity contribution in [3.8, 4) is 11.5 Å². The van der Waals surface area contributed by atoms with E-state index in [1.807, 2.05) is 12.3 Å². The molecule has 2 aliphatic heterocycles. The van der Waals surface area contributed by atoms with Gasteiger partial charge in [-0.1, -0.05) is 0 Å². The molecule has 3 rings (SSSR count). The minimum absolute atomic E-state index is 0.346. The Labute approximate surface area is 76.0 Å². The number of hydrogen-bond donors (Lipinski definition) is 0. The highest BCUT2D eigenvalue weighted by Gasteiger charge is 2.17. The van der Waals surface area contributed by atoms with E-state index in [9.17, 15) is 0 Å². The predicted molar refractivity (Wildman–Crippen MR) is 48.5 cm³/mol. The molecule has 0 radical (unpaired) electrons. The molecular weight excluding hydrogens is 166 g/mol. The maximum absolute atomic E-state index is 5.30. The summed E-state index contributed by atoms with van der Waals surface area (Å²) >= 11 is 0. The van der Waals surface area contributed by atoms with Gasteiger partial charge in [-0.25, -0.2) is 0 Å². The summed E-state index contributed by atoms with van der Waals surface area (Å²) < 4.78 is 10.6. The van der Waals surface area contributed by atoms with Crippen LogP contribution in [-0.2, 0) is 13.0 Å². The Balaban J connectivity index is 2.14. The van der Waals surface area contributed by atoms with Crippen molar-refractivity contribution >= 4 is 6.21 Å². The van der Waals surface area contributed by atoms with Crippen LogP contribution in [0.5, 0.6) is 11.5 Å². The van der Waals surface area contributed by atoms with Crippen LogP contribution >= 0.6 is 0 Å². The minimum Gasteiger partial charge on any atom is -0.454 e. The van der Waals surface area contributed by atoms with Gasteiger partial charge >= 0.3 is 0 Å². The molecule has 0 atom stereocenters. The molecule has 0 fully saturated rings. The van der Waals surface area contributed by atoms with E-state index in [0.717, 1.165) is 24.5 Å². The zero-order valence-electron chi connectivity index (χ0n) is 7.12. The van der Waals surface area contributed by atoms with Gasteiger partial charge in [0, 0.05) is 12.6 Å². The van der Waals surface area contributed by atoms with Crippen molar-refractivity contribution in [2.24, 2.45) is 4.99 Å². The third-order valence-corrected chi connectivity index (χ3v) is 2.40. The summed E-state index contributed by atoms with van der Waals surface area (Å²) in [5.41, 5.74) is 2.56. The highest BCUT2D eigenvalue weighted by molar-refractivity contribution is 5.66. The topological polar surface area (TPSA) is 30.8 Å². The molecule has 3 heteroatoms. The van der Waals surface area contributed by atoms with Crippen molar-refractivity contribution in [2.45, 2.75) is 13.0 Å². The number of ether oxygens (including phenoxy) is 2. The first-order chi connectivity index (χ1) is 6.43. The number of hydrogen-bond acceptors (Lipinski definition) is 3. The largest absolute Gasteiger partial charge is 0.454 e.